The quantitative estimate of drug-likeness (QED) is 0.834. The summed E-state index contributed by atoms with van der Waals surface area (Å²) in [6.07, 6.45) is 4.79. The summed E-state index contributed by atoms with van der Waals surface area (Å²) in [6, 6.07) is 5.53. The van der Waals surface area contributed by atoms with Gasteiger partial charge >= 0.3 is 0 Å². The maximum atomic E-state index is 12.4. The van der Waals surface area contributed by atoms with E-state index in [9.17, 15) is 4.79 Å². The molecule has 1 unspecified atom stereocenters. The summed E-state index contributed by atoms with van der Waals surface area (Å²) in [4.78, 5) is 16.3. The van der Waals surface area contributed by atoms with E-state index in [-0.39, 0.29) is 11.7 Å². The van der Waals surface area contributed by atoms with Crippen molar-refractivity contribution < 1.29 is 4.79 Å². The smallest absolute Gasteiger partial charge is 0.168 e. The molecule has 1 aliphatic carbocycles. The maximum absolute atomic E-state index is 12.4. The minimum absolute atomic E-state index is 0.0299. The first-order valence-corrected chi connectivity index (χ1v) is 6.27. The average molecular weight is 262 g/mol. The summed E-state index contributed by atoms with van der Waals surface area (Å²) in [7, 11) is 0. The molecule has 0 N–H and O–H groups in total. The van der Waals surface area contributed by atoms with Crippen molar-refractivity contribution in [1.82, 2.24) is 14.8 Å². The molecule has 0 bridgehead atoms. The first-order valence-electron chi connectivity index (χ1n) is 5.89. The van der Waals surface area contributed by atoms with Crippen LogP contribution in [0, 0.1) is 5.92 Å². The molecular weight excluding hydrogens is 250 g/mol. The maximum Gasteiger partial charge on any atom is 0.168 e. The predicted octanol–water partition coefficient (Wildman–Crippen LogP) is 2.38. The monoisotopic (exact) mass is 261 g/mol. The third kappa shape index (κ3) is 1.93. The van der Waals surface area contributed by atoms with Crippen molar-refractivity contribution in [1.29, 1.82) is 0 Å². The number of halogens is 1. The second kappa shape index (κ2) is 4.53. The highest BCUT2D eigenvalue weighted by Gasteiger charge is 2.28. The Labute approximate surface area is 110 Å². The van der Waals surface area contributed by atoms with Gasteiger partial charge in [0.25, 0.3) is 0 Å². The Morgan fingerprint density at radius 2 is 2.33 bits per heavy atom. The van der Waals surface area contributed by atoms with E-state index in [0.717, 1.165) is 24.0 Å². The molecule has 1 aromatic heterocycles. The van der Waals surface area contributed by atoms with E-state index in [1.165, 1.54) is 6.33 Å². The molecule has 0 saturated heterocycles. The summed E-state index contributed by atoms with van der Waals surface area (Å²) in [5, 5.41) is 4.74. The average Bonchev–Trinajstić information content (AvgIpc) is 2.86. The van der Waals surface area contributed by atoms with Crippen molar-refractivity contribution in [3.8, 4) is 0 Å². The Balaban J connectivity index is 1.88. The Morgan fingerprint density at radius 3 is 3.11 bits per heavy atom. The van der Waals surface area contributed by atoms with Crippen LogP contribution in [-0.2, 0) is 13.0 Å². The van der Waals surface area contributed by atoms with E-state index in [4.69, 9.17) is 11.6 Å². The van der Waals surface area contributed by atoms with Crippen molar-refractivity contribution in [2.24, 2.45) is 5.92 Å². The van der Waals surface area contributed by atoms with Gasteiger partial charge in [-0.05, 0) is 24.5 Å². The number of fused-ring (bicyclic) bond motifs is 1. The molecule has 0 radical (unpaired) electrons. The number of ketones is 1. The van der Waals surface area contributed by atoms with Crippen LogP contribution in [0.4, 0.5) is 0 Å². The summed E-state index contributed by atoms with van der Waals surface area (Å²) >= 11 is 6.12. The molecule has 4 nitrogen and oxygen atoms in total. The van der Waals surface area contributed by atoms with Gasteiger partial charge < -0.3 is 0 Å². The molecule has 0 amide bonds. The van der Waals surface area contributed by atoms with Crippen LogP contribution in [0.15, 0.2) is 30.9 Å². The van der Waals surface area contributed by atoms with Gasteiger partial charge in [0, 0.05) is 16.5 Å². The van der Waals surface area contributed by atoms with Crippen LogP contribution in [0.1, 0.15) is 22.3 Å². The summed E-state index contributed by atoms with van der Waals surface area (Å²) in [6.45, 7) is 0.588. The van der Waals surface area contributed by atoms with E-state index < -0.39 is 0 Å². The number of hydrogen-bond donors (Lipinski definition) is 0. The van der Waals surface area contributed by atoms with Crippen molar-refractivity contribution in [2.75, 3.05) is 0 Å². The number of aromatic nitrogens is 3. The first-order chi connectivity index (χ1) is 8.75. The molecule has 0 spiro atoms. The van der Waals surface area contributed by atoms with Gasteiger partial charge in [0.2, 0.25) is 0 Å². The normalized spacial score (nSPS) is 18.7. The number of benzene rings is 1. The molecule has 3 rings (SSSR count). The second-order valence-corrected chi connectivity index (χ2v) is 4.89. The molecule has 1 aliphatic rings. The van der Waals surface area contributed by atoms with Crippen molar-refractivity contribution >= 4 is 17.4 Å². The first kappa shape index (κ1) is 11.4. The lowest BCUT2D eigenvalue weighted by Gasteiger charge is -2.23. The van der Waals surface area contributed by atoms with Crippen LogP contribution in [0.2, 0.25) is 5.02 Å². The minimum atomic E-state index is -0.0299. The number of hydrogen-bond acceptors (Lipinski definition) is 3. The number of carbonyl (C=O) groups excluding carboxylic acids is 1. The third-order valence-electron chi connectivity index (χ3n) is 3.37. The largest absolute Gasteiger partial charge is 0.294 e. The highest BCUT2D eigenvalue weighted by atomic mass is 35.5. The molecule has 0 fully saturated rings. The Hall–Kier alpha value is -1.68. The standard InChI is InChI=1S/C13H12ClN3O/c14-12-3-1-2-11-10(12)5-4-9(13(11)18)6-17-8-15-7-16-17/h1-3,7-9H,4-6H2. The highest BCUT2D eigenvalue weighted by molar-refractivity contribution is 6.32. The lowest BCUT2D eigenvalue weighted by atomic mass is 9.82. The van der Waals surface area contributed by atoms with Gasteiger partial charge in [-0.15, -0.1) is 0 Å². The topological polar surface area (TPSA) is 47.8 Å². The zero-order chi connectivity index (χ0) is 12.5. The van der Waals surface area contributed by atoms with Crippen molar-refractivity contribution in [3.63, 3.8) is 0 Å². The molecule has 0 saturated carbocycles. The van der Waals surface area contributed by atoms with E-state index in [1.54, 1.807) is 11.0 Å². The van der Waals surface area contributed by atoms with Crippen LogP contribution in [-0.4, -0.2) is 20.5 Å². The summed E-state index contributed by atoms with van der Waals surface area (Å²) in [5.74, 6) is 0.131. The van der Waals surface area contributed by atoms with Gasteiger partial charge in [0.05, 0.1) is 6.54 Å². The molecule has 18 heavy (non-hydrogen) atoms. The van der Waals surface area contributed by atoms with E-state index in [2.05, 4.69) is 10.1 Å². The second-order valence-electron chi connectivity index (χ2n) is 4.48. The van der Waals surface area contributed by atoms with E-state index in [1.807, 2.05) is 18.2 Å². The van der Waals surface area contributed by atoms with Crippen LogP contribution in [0.3, 0.4) is 0 Å². The zero-order valence-electron chi connectivity index (χ0n) is 9.71. The van der Waals surface area contributed by atoms with Crippen molar-refractivity contribution in [2.45, 2.75) is 19.4 Å². The van der Waals surface area contributed by atoms with Crippen molar-refractivity contribution in [3.05, 3.63) is 47.0 Å². The lowest BCUT2D eigenvalue weighted by molar-refractivity contribution is 0.0884. The fourth-order valence-corrected chi connectivity index (χ4v) is 2.71. The minimum Gasteiger partial charge on any atom is -0.294 e. The van der Waals surface area contributed by atoms with Gasteiger partial charge in [0.15, 0.2) is 5.78 Å². The molecule has 1 atom stereocenters. The molecule has 0 aliphatic heterocycles. The summed E-state index contributed by atoms with van der Waals surface area (Å²) in [5.41, 5.74) is 1.75. The SMILES string of the molecule is O=C1c2cccc(Cl)c2CCC1Cn1cncn1. The molecule has 1 heterocycles. The number of carbonyl (C=O) groups is 1. The highest BCUT2D eigenvalue weighted by Crippen LogP contribution is 2.31. The number of Topliss-reactive ketones (excluding diaryl/α,β-unsaturated/α-hetero) is 1. The van der Waals surface area contributed by atoms with Crippen LogP contribution < -0.4 is 0 Å². The van der Waals surface area contributed by atoms with Crippen LogP contribution in [0.5, 0.6) is 0 Å². The summed E-state index contributed by atoms with van der Waals surface area (Å²) < 4.78 is 1.71. The third-order valence-corrected chi connectivity index (χ3v) is 3.73. The molecule has 92 valence electrons. The molecule has 2 aromatic rings. The Morgan fingerprint density at radius 1 is 1.44 bits per heavy atom. The van der Waals surface area contributed by atoms with Gasteiger partial charge in [-0.25, -0.2) is 4.98 Å². The van der Waals surface area contributed by atoms with Gasteiger partial charge in [-0.1, -0.05) is 23.7 Å². The molecule has 1 aromatic carbocycles. The van der Waals surface area contributed by atoms with Gasteiger partial charge in [0.1, 0.15) is 12.7 Å². The predicted molar refractivity (Wildman–Crippen MR) is 67.6 cm³/mol. The number of rotatable bonds is 2. The molecule has 5 heteroatoms. The lowest BCUT2D eigenvalue weighted by Crippen LogP contribution is -2.27. The fraction of sp³-hybridized carbons (Fsp3) is 0.308. The fourth-order valence-electron chi connectivity index (χ4n) is 2.44. The van der Waals surface area contributed by atoms with Crippen LogP contribution in [0.25, 0.3) is 0 Å². The van der Waals surface area contributed by atoms with Gasteiger partial charge in [-0.2, -0.15) is 5.10 Å². The van der Waals surface area contributed by atoms with E-state index >= 15 is 0 Å². The van der Waals surface area contributed by atoms with Crippen LogP contribution >= 0.6 is 11.6 Å². The zero-order valence-corrected chi connectivity index (χ0v) is 10.5. The Kier molecular flexibility index (Phi) is 2.88. The molecular formula is C13H12ClN3O. The van der Waals surface area contributed by atoms with E-state index in [0.29, 0.717) is 11.6 Å². The Bertz CT molecular complexity index is 580. The van der Waals surface area contributed by atoms with Gasteiger partial charge in [-0.3, -0.25) is 9.48 Å². The number of nitrogens with zero attached hydrogens (tertiary/aromatic N) is 3.